The number of ether oxygens (including phenoxy) is 2. The molecule has 0 aliphatic carbocycles. The van der Waals surface area contributed by atoms with Crippen molar-refractivity contribution in [3.05, 3.63) is 35.5 Å². The monoisotopic (exact) mass is 387 g/mol. The first-order valence-corrected chi connectivity index (χ1v) is 9.55. The van der Waals surface area contributed by atoms with E-state index in [1.165, 1.54) is 0 Å². The van der Waals surface area contributed by atoms with E-state index in [0.29, 0.717) is 5.88 Å². The van der Waals surface area contributed by atoms with Gasteiger partial charge in [0, 0.05) is 23.1 Å². The molecule has 1 aliphatic heterocycles. The van der Waals surface area contributed by atoms with Crippen molar-refractivity contribution < 1.29 is 18.8 Å². The van der Waals surface area contributed by atoms with Gasteiger partial charge in [0.1, 0.15) is 11.5 Å². The molecule has 28 heavy (non-hydrogen) atoms. The van der Waals surface area contributed by atoms with Gasteiger partial charge in [-0.3, -0.25) is 15.0 Å². The number of rotatable bonds is 6. The molecule has 1 amide bonds. The van der Waals surface area contributed by atoms with Crippen LogP contribution in [0, 0.1) is 0 Å². The molecule has 1 fully saturated rings. The van der Waals surface area contributed by atoms with Crippen LogP contribution in [-0.4, -0.2) is 43.3 Å². The summed E-state index contributed by atoms with van der Waals surface area (Å²) >= 11 is 0. The summed E-state index contributed by atoms with van der Waals surface area (Å²) in [5.41, 5.74) is 1.72. The third-order valence-corrected chi connectivity index (χ3v) is 5.05. The molecule has 1 aliphatic rings. The molecule has 1 unspecified atom stereocenters. The molecule has 0 bridgehead atoms. The molecule has 1 aromatic heterocycles. The van der Waals surface area contributed by atoms with Crippen LogP contribution in [0.2, 0.25) is 0 Å². The van der Waals surface area contributed by atoms with Crippen molar-refractivity contribution >= 4 is 11.8 Å². The smallest absolute Gasteiger partial charge is 0.240 e. The van der Waals surface area contributed by atoms with E-state index in [0.717, 1.165) is 42.1 Å². The molecule has 7 heteroatoms. The maximum absolute atomic E-state index is 12.6. The molecular formula is C21H29N3O4. The van der Waals surface area contributed by atoms with Gasteiger partial charge in [-0.2, -0.15) is 0 Å². The minimum atomic E-state index is -0.130. The lowest BCUT2D eigenvalue weighted by Crippen LogP contribution is -2.33. The number of nitrogens with one attached hydrogen (secondary N) is 1. The fourth-order valence-electron chi connectivity index (χ4n) is 3.52. The van der Waals surface area contributed by atoms with Crippen molar-refractivity contribution in [1.29, 1.82) is 0 Å². The van der Waals surface area contributed by atoms with Crippen molar-refractivity contribution in [3.8, 4) is 11.5 Å². The summed E-state index contributed by atoms with van der Waals surface area (Å²) in [5.74, 6) is 1.85. The average Bonchev–Trinajstić information content (AvgIpc) is 3.30. The molecule has 3 rings (SSSR count). The number of anilines is 1. The van der Waals surface area contributed by atoms with Crippen LogP contribution in [-0.2, 0) is 10.2 Å². The van der Waals surface area contributed by atoms with Crippen molar-refractivity contribution in [1.82, 2.24) is 10.1 Å². The minimum absolute atomic E-state index is 0.107. The molecule has 0 saturated carbocycles. The Morgan fingerprint density at radius 1 is 1.29 bits per heavy atom. The van der Waals surface area contributed by atoms with Gasteiger partial charge in [-0.25, -0.2) is 0 Å². The summed E-state index contributed by atoms with van der Waals surface area (Å²) < 4.78 is 16.2. The van der Waals surface area contributed by atoms with Crippen molar-refractivity contribution in [2.45, 2.75) is 45.1 Å². The Labute approximate surface area is 166 Å². The summed E-state index contributed by atoms with van der Waals surface area (Å²) in [6.45, 7) is 7.27. The number of amides is 1. The number of benzene rings is 1. The Bertz CT molecular complexity index is 825. The first kappa shape index (κ1) is 20.2. The molecule has 2 aromatic rings. The molecule has 1 N–H and O–H groups in total. The molecule has 0 radical (unpaired) electrons. The first-order chi connectivity index (χ1) is 13.3. The molecule has 1 aromatic carbocycles. The highest BCUT2D eigenvalue weighted by molar-refractivity contribution is 5.91. The van der Waals surface area contributed by atoms with Crippen molar-refractivity contribution in [2.75, 3.05) is 32.6 Å². The number of hydrogen-bond donors (Lipinski definition) is 1. The molecule has 2 heterocycles. The standard InChI is InChI=1S/C21H29N3O4/c1-21(2,3)18-12-20(28-23-18)22-19(25)13-24-10-6-7-16(24)15-11-14(26-4)8-9-17(15)27-5/h8-9,11-12,16H,6-7,10,13H2,1-5H3,(H,22,25). The lowest BCUT2D eigenvalue weighted by Gasteiger charge is -2.25. The van der Waals surface area contributed by atoms with Gasteiger partial charge in [0.05, 0.1) is 26.5 Å². The zero-order valence-electron chi connectivity index (χ0n) is 17.2. The predicted molar refractivity (Wildman–Crippen MR) is 107 cm³/mol. The van der Waals surface area contributed by atoms with Crippen LogP contribution in [0.1, 0.15) is 50.9 Å². The quantitative estimate of drug-likeness (QED) is 0.813. The summed E-state index contributed by atoms with van der Waals surface area (Å²) in [6.07, 6.45) is 1.99. The van der Waals surface area contributed by atoms with Crippen molar-refractivity contribution in [3.63, 3.8) is 0 Å². The number of likely N-dealkylation sites (tertiary alicyclic amines) is 1. The summed E-state index contributed by atoms with van der Waals surface area (Å²) in [6, 6.07) is 7.67. The molecule has 0 spiro atoms. The number of carbonyl (C=O) groups is 1. The number of hydrogen-bond acceptors (Lipinski definition) is 6. The number of carbonyl (C=O) groups excluding carboxylic acids is 1. The van der Waals surface area contributed by atoms with Crippen LogP contribution < -0.4 is 14.8 Å². The average molecular weight is 387 g/mol. The Balaban J connectivity index is 1.70. The van der Waals surface area contributed by atoms with E-state index in [9.17, 15) is 4.79 Å². The van der Waals surface area contributed by atoms with Crippen LogP contribution in [0.25, 0.3) is 0 Å². The van der Waals surface area contributed by atoms with E-state index < -0.39 is 0 Å². The molecule has 1 atom stereocenters. The zero-order chi connectivity index (χ0) is 20.3. The van der Waals surface area contributed by atoms with E-state index in [1.54, 1.807) is 20.3 Å². The summed E-state index contributed by atoms with van der Waals surface area (Å²) in [5, 5.41) is 6.86. The van der Waals surface area contributed by atoms with Gasteiger partial charge in [0.15, 0.2) is 0 Å². The normalized spacial score (nSPS) is 17.5. The van der Waals surface area contributed by atoms with Crippen LogP contribution in [0.3, 0.4) is 0 Å². The highest BCUT2D eigenvalue weighted by atomic mass is 16.5. The molecule has 152 valence electrons. The maximum atomic E-state index is 12.6. The second-order valence-corrected chi connectivity index (χ2v) is 8.11. The van der Waals surface area contributed by atoms with Crippen LogP contribution in [0.4, 0.5) is 5.88 Å². The van der Waals surface area contributed by atoms with Crippen molar-refractivity contribution in [2.24, 2.45) is 0 Å². The third-order valence-electron chi connectivity index (χ3n) is 5.05. The van der Waals surface area contributed by atoms with E-state index in [2.05, 4.69) is 15.4 Å². The fourth-order valence-corrected chi connectivity index (χ4v) is 3.52. The molecule has 7 nitrogen and oxygen atoms in total. The Kier molecular flexibility index (Phi) is 5.93. The van der Waals surface area contributed by atoms with E-state index >= 15 is 0 Å². The number of aromatic nitrogens is 1. The van der Waals surface area contributed by atoms with Gasteiger partial charge >= 0.3 is 0 Å². The van der Waals surface area contributed by atoms with Gasteiger partial charge in [-0.15, -0.1) is 0 Å². The lowest BCUT2D eigenvalue weighted by atomic mass is 9.92. The highest BCUT2D eigenvalue weighted by Crippen LogP contribution is 2.38. The number of nitrogens with zero attached hydrogens (tertiary/aromatic N) is 2. The Hall–Kier alpha value is -2.54. The number of methoxy groups -OCH3 is 2. The topological polar surface area (TPSA) is 76.8 Å². The van der Waals surface area contributed by atoms with E-state index in [-0.39, 0.29) is 23.9 Å². The lowest BCUT2D eigenvalue weighted by molar-refractivity contribution is -0.117. The summed E-state index contributed by atoms with van der Waals surface area (Å²) in [4.78, 5) is 14.7. The van der Waals surface area contributed by atoms with Gasteiger partial charge < -0.3 is 14.0 Å². The SMILES string of the molecule is COc1ccc(OC)c(C2CCCN2CC(=O)Nc2cc(C(C)(C)C)no2)c1. The highest BCUT2D eigenvalue weighted by Gasteiger charge is 2.30. The first-order valence-electron chi connectivity index (χ1n) is 9.55. The second kappa shape index (κ2) is 8.22. The van der Waals surface area contributed by atoms with E-state index in [1.807, 2.05) is 39.0 Å². The van der Waals surface area contributed by atoms with Gasteiger partial charge in [-0.05, 0) is 37.6 Å². The predicted octanol–water partition coefficient (Wildman–Crippen LogP) is 3.76. The third kappa shape index (κ3) is 4.47. The van der Waals surface area contributed by atoms with E-state index in [4.69, 9.17) is 14.0 Å². The second-order valence-electron chi connectivity index (χ2n) is 8.11. The Morgan fingerprint density at radius 3 is 2.71 bits per heavy atom. The van der Waals surface area contributed by atoms with Gasteiger partial charge in [-0.1, -0.05) is 25.9 Å². The maximum Gasteiger partial charge on any atom is 0.240 e. The molecular weight excluding hydrogens is 358 g/mol. The largest absolute Gasteiger partial charge is 0.497 e. The minimum Gasteiger partial charge on any atom is -0.497 e. The molecule has 1 saturated heterocycles. The van der Waals surface area contributed by atoms with Crippen LogP contribution in [0.15, 0.2) is 28.8 Å². The summed E-state index contributed by atoms with van der Waals surface area (Å²) in [7, 11) is 3.31. The zero-order valence-corrected chi connectivity index (χ0v) is 17.2. The van der Waals surface area contributed by atoms with Crippen LogP contribution >= 0.6 is 0 Å². The van der Waals surface area contributed by atoms with Crippen LogP contribution in [0.5, 0.6) is 11.5 Å². The van der Waals surface area contributed by atoms with Gasteiger partial charge in [0.2, 0.25) is 11.8 Å². The Morgan fingerprint density at radius 2 is 2.07 bits per heavy atom. The van der Waals surface area contributed by atoms with Gasteiger partial charge in [0.25, 0.3) is 0 Å². The fraction of sp³-hybridized carbons (Fsp3) is 0.524.